The fourth-order valence-electron chi connectivity index (χ4n) is 2.71. The van der Waals surface area contributed by atoms with Gasteiger partial charge in [0.1, 0.15) is 5.52 Å². The van der Waals surface area contributed by atoms with E-state index >= 15 is 0 Å². The molecule has 4 aromatic rings. The van der Waals surface area contributed by atoms with E-state index in [2.05, 4.69) is 25.5 Å². The van der Waals surface area contributed by atoms with E-state index in [4.69, 9.17) is 0 Å². The fourth-order valence-corrected chi connectivity index (χ4v) is 3.30. The van der Waals surface area contributed by atoms with Crippen molar-refractivity contribution in [3.8, 4) is 0 Å². The van der Waals surface area contributed by atoms with Gasteiger partial charge >= 0.3 is 0 Å². The Balaban J connectivity index is 1.45. The molecule has 0 radical (unpaired) electrons. The Morgan fingerprint density at radius 3 is 2.81 bits per heavy atom. The number of carbonyl (C=O) groups is 2. The first kappa shape index (κ1) is 17.2. The third-order valence-corrected chi connectivity index (χ3v) is 4.83. The van der Waals surface area contributed by atoms with Crippen LogP contribution in [-0.2, 0) is 4.79 Å². The summed E-state index contributed by atoms with van der Waals surface area (Å²) >= 11 is 1.20. The molecule has 0 unspecified atom stereocenters. The Morgan fingerprint density at radius 1 is 1.11 bits per heavy atom. The number of nitrogens with zero attached hydrogens (tertiary/aromatic N) is 3. The number of ketones is 1. The van der Waals surface area contributed by atoms with Crippen LogP contribution in [0.15, 0.2) is 53.7 Å². The van der Waals surface area contributed by atoms with Crippen LogP contribution in [0.3, 0.4) is 0 Å². The van der Waals surface area contributed by atoms with Gasteiger partial charge in [-0.15, -0.1) is 10.2 Å². The van der Waals surface area contributed by atoms with Crippen LogP contribution in [0, 0.1) is 0 Å². The van der Waals surface area contributed by atoms with Crippen LogP contribution in [0.5, 0.6) is 0 Å². The summed E-state index contributed by atoms with van der Waals surface area (Å²) in [5, 5.41) is 12.5. The Hall–Kier alpha value is -3.26. The predicted octanol–water partition coefficient (Wildman–Crippen LogP) is 3.44. The zero-order valence-electron chi connectivity index (χ0n) is 14.4. The fraction of sp³-hybridized carbons (Fsp3) is 0.105. The maximum absolute atomic E-state index is 12.2. The summed E-state index contributed by atoms with van der Waals surface area (Å²) in [6.45, 7) is 1.49. The second kappa shape index (κ2) is 7.16. The first-order valence-corrected chi connectivity index (χ1v) is 9.23. The number of para-hydroxylation sites is 1. The van der Waals surface area contributed by atoms with E-state index in [1.54, 1.807) is 24.3 Å². The van der Waals surface area contributed by atoms with Crippen LogP contribution >= 0.6 is 11.8 Å². The van der Waals surface area contributed by atoms with Crippen molar-refractivity contribution in [2.75, 3.05) is 11.1 Å². The number of nitrogens with one attached hydrogen (secondary N) is 2. The summed E-state index contributed by atoms with van der Waals surface area (Å²) < 4.78 is 0. The third-order valence-electron chi connectivity index (χ3n) is 3.99. The quantitative estimate of drug-likeness (QED) is 0.408. The van der Waals surface area contributed by atoms with E-state index in [1.807, 2.05) is 24.3 Å². The number of carbonyl (C=O) groups excluding carboxylic acids is 2. The molecule has 0 spiro atoms. The molecule has 2 aromatic heterocycles. The normalized spacial score (nSPS) is 11.0. The van der Waals surface area contributed by atoms with E-state index in [1.165, 1.54) is 18.7 Å². The maximum atomic E-state index is 12.2. The highest BCUT2D eigenvalue weighted by atomic mass is 32.2. The molecule has 1 amide bonds. The van der Waals surface area contributed by atoms with Gasteiger partial charge in [-0.05, 0) is 25.1 Å². The minimum absolute atomic E-state index is 0.0495. The standard InChI is InChI=1S/C19H15N5O2S/c1-11(25)12-5-4-6-13(9-12)20-16(26)10-27-19-22-18-17(23-24-19)14-7-2-3-8-15(14)21-18/h2-9H,10H2,1H3,(H,20,26)(H,21,22,24). The first-order valence-electron chi connectivity index (χ1n) is 8.25. The zero-order chi connectivity index (χ0) is 18.8. The van der Waals surface area contributed by atoms with Crippen LogP contribution in [0.1, 0.15) is 17.3 Å². The van der Waals surface area contributed by atoms with E-state index < -0.39 is 0 Å². The van der Waals surface area contributed by atoms with Crippen LogP contribution in [0.25, 0.3) is 22.1 Å². The van der Waals surface area contributed by atoms with Crippen LogP contribution < -0.4 is 5.32 Å². The molecule has 0 saturated carbocycles. The molecule has 0 aliphatic carbocycles. The molecule has 0 atom stereocenters. The Bertz CT molecular complexity index is 1170. The lowest BCUT2D eigenvalue weighted by atomic mass is 10.1. The molecule has 27 heavy (non-hydrogen) atoms. The van der Waals surface area contributed by atoms with Crippen molar-refractivity contribution in [1.29, 1.82) is 0 Å². The van der Waals surface area contributed by atoms with Gasteiger partial charge in [0.15, 0.2) is 11.4 Å². The van der Waals surface area contributed by atoms with Gasteiger partial charge in [0.2, 0.25) is 11.1 Å². The number of rotatable bonds is 5. The minimum Gasteiger partial charge on any atom is -0.338 e. The first-order chi connectivity index (χ1) is 13.1. The summed E-state index contributed by atoms with van der Waals surface area (Å²) in [4.78, 5) is 31.2. The summed E-state index contributed by atoms with van der Waals surface area (Å²) in [6.07, 6.45) is 0. The van der Waals surface area contributed by atoms with Gasteiger partial charge in [-0.3, -0.25) is 9.59 Å². The van der Waals surface area contributed by atoms with Crippen LogP contribution in [0.2, 0.25) is 0 Å². The smallest absolute Gasteiger partial charge is 0.234 e. The van der Waals surface area contributed by atoms with Crippen molar-refractivity contribution >= 4 is 51.2 Å². The van der Waals surface area contributed by atoms with Gasteiger partial charge in [-0.1, -0.05) is 42.1 Å². The number of hydrogen-bond donors (Lipinski definition) is 2. The summed E-state index contributed by atoms with van der Waals surface area (Å²) in [5.41, 5.74) is 3.43. The highest BCUT2D eigenvalue weighted by Gasteiger charge is 2.11. The number of anilines is 1. The predicted molar refractivity (Wildman–Crippen MR) is 105 cm³/mol. The molecule has 2 aromatic carbocycles. The average Bonchev–Trinajstić information content (AvgIpc) is 3.04. The van der Waals surface area contributed by atoms with Gasteiger partial charge in [-0.2, -0.15) is 0 Å². The molecular formula is C19H15N5O2S. The van der Waals surface area contributed by atoms with Crippen molar-refractivity contribution in [3.05, 3.63) is 54.1 Å². The number of benzene rings is 2. The Kier molecular flexibility index (Phi) is 4.55. The van der Waals surface area contributed by atoms with Crippen molar-refractivity contribution < 1.29 is 9.59 Å². The topological polar surface area (TPSA) is 101 Å². The van der Waals surface area contributed by atoms with Crippen molar-refractivity contribution in [3.63, 3.8) is 0 Å². The second-order valence-electron chi connectivity index (χ2n) is 5.94. The van der Waals surface area contributed by atoms with E-state index in [9.17, 15) is 9.59 Å². The summed E-state index contributed by atoms with van der Waals surface area (Å²) in [5.74, 6) is -0.120. The lowest BCUT2D eigenvalue weighted by molar-refractivity contribution is -0.113. The molecule has 2 N–H and O–H groups in total. The second-order valence-corrected chi connectivity index (χ2v) is 6.88. The molecule has 7 nitrogen and oxygen atoms in total. The summed E-state index contributed by atoms with van der Waals surface area (Å²) in [7, 11) is 0. The number of aromatic nitrogens is 4. The van der Waals surface area contributed by atoms with Gasteiger partial charge in [0.05, 0.1) is 5.75 Å². The molecule has 0 aliphatic rings. The Labute approximate surface area is 158 Å². The third kappa shape index (κ3) is 3.65. The van der Waals surface area contributed by atoms with Gasteiger partial charge < -0.3 is 10.3 Å². The number of fused-ring (bicyclic) bond motifs is 3. The van der Waals surface area contributed by atoms with E-state index in [-0.39, 0.29) is 17.4 Å². The molecule has 0 saturated heterocycles. The van der Waals surface area contributed by atoms with Gasteiger partial charge in [-0.25, -0.2) is 4.98 Å². The molecule has 4 rings (SSSR count). The molecular weight excluding hydrogens is 362 g/mol. The molecule has 0 aliphatic heterocycles. The molecule has 0 fully saturated rings. The summed E-state index contributed by atoms with van der Waals surface area (Å²) in [6, 6.07) is 14.6. The van der Waals surface area contributed by atoms with Gasteiger partial charge in [0, 0.05) is 22.2 Å². The number of Topliss-reactive ketones (excluding diaryl/α,β-unsaturated/α-hetero) is 1. The molecule has 2 heterocycles. The number of hydrogen-bond acceptors (Lipinski definition) is 6. The molecule has 8 heteroatoms. The molecule has 0 bridgehead atoms. The number of thioether (sulfide) groups is 1. The molecule has 134 valence electrons. The average molecular weight is 377 g/mol. The van der Waals surface area contributed by atoms with Crippen molar-refractivity contribution in [2.24, 2.45) is 0 Å². The number of aromatic amines is 1. The van der Waals surface area contributed by atoms with E-state index in [0.29, 0.717) is 27.6 Å². The minimum atomic E-state index is -0.207. The number of amides is 1. The van der Waals surface area contributed by atoms with E-state index in [0.717, 1.165) is 10.9 Å². The zero-order valence-corrected chi connectivity index (χ0v) is 15.2. The highest BCUT2D eigenvalue weighted by Crippen LogP contribution is 2.23. The lowest BCUT2D eigenvalue weighted by Crippen LogP contribution is -2.14. The monoisotopic (exact) mass is 377 g/mol. The van der Waals surface area contributed by atoms with Crippen molar-refractivity contribution in [2.45, 2.75) is 12.1 Å². The highest BCUT2D eigenvalue weighted by molar-refractivity contribution is 7.99. The van der Waals surface area contributed by atoms with Crippen LogP contribution in [0.4, 0.5) is 5.69 Å². The largest absolute Gasteiger partial charge is 0.338 e. The van der Waals surface area contributed by atoms with Gasteiger partial charge in [0.25, 0.3) is 0 Å². The Morgan fingerprint density at radius 2 is 1.96 bits per heavy atom. The number of H-pyrrole nitrogens is 1. The lowest BCUT2D eigenvalue weighted by Gasteiger charge is -2.05. The van der Waals surface area contributed by atoms with Crippen molar-refractivity contribution in [1.82, 2.24) is 20.2 Å². The maximum Gasteiger partial charge on any atom is 0.234 e. The SMILES string of the molecule is CC(=O)c1cccc(NC(=O)CSc2nnc3c(n2)[nH]c2ccccc23)c1. The van der Waals surface area contributed by atoms with Crippen LogP contribution in [-0.4, -0.2) is 37.6 Å².